The maximum atomic E-state index is 10.1. The number of aromatic hydroxyl groups is 1. The molecular formula is C34H33HfN2O-3. The van der Waals surface area contributed by atoms with E-state index in [-0.39, 0.29) is 37.6 Å². The van der Waals surface area contributed by atoms with Gasteiger partial charge in [-0.15, -0.1) is 24.3 Å². The summed E-state index contributed by atoms with van der Waals surface area (Å²) in [6, 6.07) is 41.1. The van der Waals surface area contributed by atoms with Crippen molar-refractivity contribution in [3.63, 3.8) is 0 Å². The summed E-state index contributed by atoms with van der Waals surface area (Å²) in [7, 11) is 0. The Bertz CT molecular complexity index is 1260. The fourth-order valence-corrected chi connectivity index (χ4v) is 3.49. The predicted molar refractivity (Wildman–Crippen MR) is 155 cm³/mol. The van der Waals surface area contributed by atoms with E-state index in [1.807, 2.05) is 116 Å². The van der Waals surface area contributed by atoms with Gasteiger partial charge in [-0.1, -0.05) is 78.0 Å². The van der Waals surface area contributed by atoms with Gasteiger partial charge in [0.15, 0.2) is 0 Å². The molecule has 192 valence electrons. The summed E-state index contributed by atoms with van der Waals surface area (Å²) in [6.07, 6.45) is 2.52. The van der Waals surface area contributed by atoms with Gasteiger partial charge in [-0.2, -0.15) is 49.2 Å². The number of phenols is 1. The molecule has 1 unspecified atom stereocenters. The Morgan fingerprint density at radius 3 is 1.71 bits per heavy atom. The van der Waals surface area contributed by atoms with Crippen molar-refractivity contribution in [3.05, 3.63) is 181 Å². The van der Waals surface area contributed by atoms with E-state index in [0.717, 1.165) is 28.8 Å². The van der Waals surface area contributed by atoms with Crippen LogP contribution < -0.4 is 0 Å². The number of rotatable bonds is 5. The molecule has 1 N–H and O–H groups in total. The summed E-state index contributed by atoms with van der Waals surface area (Å²) in [5.74, 6) is 0.199. The summed E-state index contributed by atoms with van der Waals surface area (Å²) in [4.78, 5) is 4.45. The molecule has 0 bridgehead atoms. The molecule has 4 heteroatoms. The zero-order chi connectivity index (χ0) is 26.3. The minimum Gasteiger partial charge on any atom is -0.674 e. The largest absolute Gasteiger partial charge is 0.674 e. The van der Waals surface area contributed by atoms with Gasteiger partial charge in [0.25, 0.3) is 0 Å². The van der Waals surface area contributed by atoms with Gasteiger partial charge in [-0.25, -0.2) is 0 Å². The van der Waals surface area contributed by atoms with E-state index in [1.54, 1.807) is 12.3 Å². The van der Waals surface area contributed by atoms with Gasteiger partial charge in [-0.3, -0.25) is 4.98 Å². The van der Waals surface area contributed by atoms with Crippen LogP contribution in [0.15, 0.2) is 134 Å². The van der Waals surface area contributed by atoms with Crippen LogP contribution in [-0.2, 0) is 32.3 Å². The molecule has 3 nitrogen and oxygen atoms in total. The molecule has 0 aliphatic rings. The zero-order valence-electron chi connectivity index (χ0n) is 21.7. The molecule has 0 spiro atoms. The van der Waals surface area contributed by atoms with Crippen molar-refractivity contribution >= 4 is 5.69 Å². The van der Waals surface area contributed by atoms with E-state index in [4.69, 9.17) is 5.32 Å². The molecule has 0 radical (unpaired) electrons. The second-order valence-corrected chi connectivity index (χ2v) is 8.55. The summed E-state index contributed by atoms with van der Waals surface area (Å²) in [5, 5.41) is 14.9. The minimum absolute atomic E-state index is 0. The maximum absolute atomic E-state index is 10.1. The first-order valence-corrected chi connectivity index (χ1v) is 12.2. The van der Waals surface area contributed by atoms with Crippen LogP contribution in [0.25, 0.3) is 5.32 Å². The normalized spacial score (nSPS) is 10.3. The van der Waals surface area contributed by atoms with Gasteiger partial charge in [0.2, 0.25) is 0 Å². The average molecular weight is 664 g/mol. The Labute approximate surface area is 246 Å². The molecule has 4 aromatic carbocycles. The fraction of sp³-hybridized carbons (Fsp3) is 0.0882. The molecule has 5 rings (SSSR count). The van der Waals surface area contributed by atoms with Crippen LogP contribution in [0.2, 0.25) is 0 Å². The van der Waals surface area contributed by atoms with E-state index in [2.05, 4.69) is 31.0 Å². The molecule has 0 aliphatic heterocycles. The monoisotopic (exact) mass is 665 g/mol. The van der Waals surface area contributed by atoms with Gasteiger partial charge in [0, 0.05) is 37.7 Å². The van der Waals surface area contributed by atoms with Crippen molar-refractivity contribution in [2.45, 2.75) is 19.4 Å². The molecule has 0 aliphatic carbocycles. The molecule has 5 aromatic rings. The van der Waals surface area contributed by atoms with Crippen molar-refractivity contribution in [1.82, 2.24) is 4.98 Å². The summed E-state index contributed by atoms with van der Waals surface area (Å²) >= 11 is 0. The first-order chi connectivity index (χ1) is 18.0. The zero-order valence-corrected chi connectivity index (χ0v) is 25.3. The number of pyridine rings is 1. The van der Waals surface area contributed by atoms with Crippen molar-refractivity contribution < 1.29 is 30.9 Å². The molecule has 0 saturated carbocycles. The van der Waals surface area contributed by atoms with Crippen LogP contribution in [-0.4, -0.2) is 10.1 Å². The SMILES string of the molecule is Cc1ccc(O)c([N-]C(Cc2ccccc2)c2ccccn2)c1.[CH2-]c1ccccc1.[CH2-]c1ccccc1.[Hf]. The van der Waals surface area contributed by atoms with E-state index in [9.17, 15) is 5.11 Å². The van der Waals surface area contributed by atoms with Crippen LogP contribution in [0.5, 0.6) is 5.75 Å². The van der Waals surface area contributed by atoms with E-state index in [1.165, 1.54) is 5.56 Å². The van der Waals surface area contributed by atoms with Gasteiger partial charge in [-0.05, 0) is 37.1 Å². The van der Waals surface area contributed by atoms with Crippen LogP contribution in [0.3, 0.4) is 0 Å². The van der Waals surface area contributed by atoms with Crippen LogP contribution >= 0.6 is 0 Å². The van der Waals surface area contributed by atoms with E-state index in [0.29, 0.717) is 5.69 Å². The van der Waals surface area contributed by atoms with Crippen LogP contribution in [0.4, 0.5) is 5.69 Å². The van der Waals surface area contributed by atoms with E-state index < -0.39 is 0 Å². The summed E-state index contributed by atoms with van der Waals surface area (Å²) < 4.78 is 0. The molecule has 0 fully saturated rings. The maximum Gasteiger partial charge on any atom is 0.100 e. The molecule has 1 aromatic heterocycles. The number of nitrogens with zero attached hydrogens (tertiary/aromatic N) is 2. The first-order valence-electron chi connectivity index (χ1n) is 12.2. The molecule has 0 saturated heterocycles. The van der Waals surface area contributed by atoms with Crippen molar-refractivity contribution in [3.8, 4) is 5.75 Å². The molecule has 1 atom stereocenters. The molecular weight excluding hydrogens is 631 g/mol. The standard InChI is InChI=1S/C20H19N2O.2C7H7.Hf/c1-15-10-11-20(23)19(13-15)22-18(17-9-5-6-12-21-17)14-16-7-3-2-4-8-16;2*1-7-5-3-2-4-6-7;/h2-13,18,23H,14H2,1H3;2*2-6H,1H2;/q3*-1;. The fourth-order valence-electron chi connectivity index (χ4n) is 3.49. The third-order valence-electron chi connectivity index (χ3n) is 5.41. The minimum atomic E-state index is -0.133. The van der Waals surface area contributed by atoms with E-state index >= 15 is 0 Å². The first kappa shape index (κ1) is 30.5. The number of hydrogen-bond donors (Lipinski definition) is 1. The second-order valence-electron chi connectivity index (χ2n) is 8.55. The predicted octanol–water partition coefficient (Wildman–Crippen LogP) is 8.82. The topological polar surface area (TPSA) is 47.2 Å². The number of hydrogen-bond acceptors (Lipinski definition) is 2. The number of aromatic nitrogens is 1. The average Bonchev–Trinajstić information content (AvgIpc) is 2.93. The van der Waals surface area contributed by atoms with Gasteiger partial charge >= 0.3 is 0 Å². The Morgan fingerprint density at radius 1 is 0.711 bits per heavy atom. The Balaban J connectivity index is 0.000000275. The van der Waals surface area contributed by atoms with Crippen molar-refractivity contribution in [2.75, 3.05) is 0 Å². The smallest absolute Gasteiger partial charge is 0.100 e. The van der Waals surface area contributed by atoms with Crippen molar-refractivity contribution in [1.29, 1.82) is 0 Å². The van der Waals surface area contributed by atoms with Crippen LogP contribution in [0.1, 0.15) is 34.0 Å². The summed E-state index contributed by atoms with van der Waals surface area (Å²) in [6.45, 7) is 9.43. The second kappa shape index (κ2) is 16.9. The molecule has 1 heterocycles. The number of benzene rings is 4. The Morgan fingerprint density at radius 2 is 1.24 bits per heavy atom. The van der Waals surface area contributed by atoms with Crippen molar-refractivity contribution in [2.24, 2.45) is 0 Å². The Kier molecular flexibility index (Phi) is 13.5. The third kappa shape index (κ3) is 11.1. The van der Waals surface area contributed by atoms with Gasteiger partial charge < -0.3 is 10.4 Å². The number of phenolic OH excluding ortho intramolecular Hbond substituents is 1. The van der Waals surface area contributed by atoms with Crippen LogP contribution in [0, 0.1) is 20.8 Å². The molecule has 38 heavy (non-hydrogen) atoms. The third-order valence-corrected chi connectivity index (χ3v) is 5.41. The summed E-state index contributed by atoms with van der Waals surface area (Å²) in [5.41, 5.74) is 5.92. The molecule has 0 amide bonds. The van der Waals surface area contributed by atoms with Gasteiger partial charge in [0.05, 0.1) is 0 Å². The number of aryl methyl sites for hydroxylation is 1. The quantitative estimate of drug-likeness (QED) is 0.151. The van der Waals surface area contributed by atoms with Gasteiger partial charge in [0.1, 0.15) is 5.75 Å². The Hall–Kier alpha value is -3.76.